The SMILES string of the molecule is CN(c1ccc(F)cc1)S(=O)(=O)N1CCCC(C(=O)NC2CCCCCC2)C1. The number of benzene rings is 1. The molecule has 1 atom stereocenters. The first-order chi connectivity index (χ1) is 13.4. The largest absolute Gasteiger partial charge is 0.353 e. The average molecular weight is 412 g/mol. The maximum absolute atomic E-state index is 13.1. The van der Waals surface area contributed by atoms with Gasteiger partial charge in [-0.1, -0.05) is 25.7 Å². The number of hydrogen-bond donors (Lipinski definition) is 1. The van der Waals surface area contributed by atoms with Crippen LogP contribution < -0.4 is 9.62 Å². The van der Waals surface area contributed by atoms with Crippen molar-refractivity contribution < 1.29 is 17.6 Å². The lowest BCUT2D eigenvalue weighted by Gasteiger charge is -2.35. The molecule has 6 nitrogen and oxygen atoms in total. The van der Waals surface area contributed by atoms with Crippen LogP contribution in [0.3, 0.4) is 0 Å². The number of nitrogens with zero attached hydrogens (tertiary/aromatic N) is 2. The molecule has 1 saturated carbocycles. The topological polar surface area (TPSA) is 69.7 Å². The number of rotatable bonds is 5. The van der Waals surface area contributed by atoms with E-state index in [0.717, 1.165) is 30.0 Å². The third kappa shape index (κ3) is 5.03. The molecule has 1 aromatic rings. The van der Waals surface area contributed by atoms with Gasteiger partial charge in [0.25, 0.3) is 0 Å². The zero-order valence-corrected chi connectivity index (χ0v) is 17.3. The lowest BCUT2D eigenvalue weighted by molar-refractivity contribution is -0.126. The highest BCUT2D eigenvalue weighted by molar-refractivity contribution is 7.90. The van der Waals surface area contributed by atoms with Gasteiger partial charge in [-0.2, -0.15) is 12.7 Å². The average Bonchev–Trinajstić information content (AvgIpc) is 2.97. The summed E-state index contributed by atoms with van der Waals surface area (Å²) in [6.45, 7) is 0.577. The van der Waals surface area contributed by atoms with Crippen molar-refractivity contribution in [3.8, 4) is 0 Å². The summed E-state index contributed by atoms with van der Waals surface area (Å²) in [7, 11) is -2.31. The lowest BCUT2D eigenvalue weighted by Crippen LogP contribution is -2.50. The van der Waals surface area contributed by atoms with Crippen LogP contribution in [0, 0.1) is 11.7 Å². The van der Waals surface area contributed by atoms with Crippen molar-refractivity contribution in [3.05, 3.63) is 30.1 Å². The Kier molecular flexibility index (Phi) is 6.93. The molecule has 0 aromatic heterocycles. The number of piperidine rings is 1. The molecule has 2 aliphatic rings. The van der Waals surface area contributed by atoms with Crippen LogP contribution in [0.2, 0.25) is 0 Å². The van der Waals surface area contributed by atoms with Crippen LogP contribution in [0.25, 0.3) is 0 Å². The zero-order valence-electron chi connectivity index (χ0n) is 16.4. The highest BCUT2D eigenvalue weighted by Gasteiger charge is 2.35. The Hall–Kier alpha value is -1.67. The van der Waals surface area contributed by atoms with Crippen LogP contribution in [0.5, 0.6) is 0 Å². The minimum atomic E-state index is -3.77. The predicted octanol–water partition coefficient (Wildman–Crippen LogP) is 3.06. The summed E-state index contributed by atoms with van der Waals surface area (Å²) in [5.41, 5.74) is 0.395. The van der Waals surface area contributed by atoms with Gasteiger partial charge in [-0.25, -0.2) is 4.39 Å². The predicted molar refractivity (Wildman–Crippen MR) is 108 cm³/mol. The quantitative estimate of drug-likeness (QED) is 0.757. The second kappa shape index (κ2) is 9.22. The van der Waals surface area contributed by atoms with Crippen LogP contribution in [0.1, 0.15) is 51.4 Å². The van der Waals surface area contributed by atoms with Crippen LogP contribution >= 0.6 is 0 Å². The molecular formula is C20H30FN3O3S. The second-order valence-corrected chi connectivity index (χ2v) is 9.81. The fourth-order valence-electron chi connectivity index (χ4n) is 4.07. The number of carbonyl (C=O) groups excluding carboxylic acids is 1. The van der Waals surface area contributed by atoms with Crippen molar-refractivity contribution in [2.75, 3.05) is 24.4 Å². The van der Waals surface area contributed by atoms with Crippen molar-refractivity contribution >= 4 is 21.8 Å². The molecule has 3 rings (SSSR count). The maximum atomic E-state index is 13.1. The molecule has 1 unspecified atom stereocenters. The van der Waals surface area contributed by atoms with E-state index >= 15 is 0 Å². The van der Waals surface area contributed by atoms with E-state index in [4.69, 9.17) is 0 Å². The van der Waals surface area contributed by atoms with E-state index in [9.17, 15) is 17.6 Å². The Morgan fingerprint density at radius 3 is 2.36 bits per heavy atom. The molecule has 0 radical (unpaired) electrons. The highest BCUT2D eigenvalue weighted by Crippen LogP contribution is 2.25. The molecule has 156 valence electrons. The molecule has 1 heterocycles. The van der Waals surface area contributed by atoms with Crippen molar-refractivity contribution in [2.45, 2.75) is 57.4 Å². The fraction of sp³-hybridized carbons (Fsp3) is 0.650. The van der Waals surface area contributed by atoms with Gasteiger partial charge >= 0.3 is 10.2 Å². The number of nitrogens with one attached hydrogen (secondary N) is 1. The normalized spacial score (nSPS) is 22.4. The molecular weight excluding hydrogens is 381 g/mol. The first-order valence-electron chi connectivity index (χ1n) is 10.2. The third-order valence-electron chi connectivity index (χ3n) is 5.82. The Morgan fingerprint density at radius 1 is 1.07 bits per heavy atom. The summed E-state index contributed by atoms with van der Waals surface area (Å²) in [6, 6.07) is 5.56. The monoisotopic (exact) mass is 411 g/mol. The molecule has 1 aromatic carbocycles. The third-order valence-corrected chi connectivity index (χ3v) is 7.71. The number of anilines is 1. The molecule has 1 N–H and O–H groups in total. The van der Waals surface area contributed by atoms with E-state index in [-0.39, 0.29) is 24.4 Å². The summed E-state index contributed by atoms with van der Waals surface area (Å²) in [5, 5.41) is 3.15. The highest BCUT2D eigenvalue weighted by atomic mass is 32.2. The smallest absolute Gasteiger partial charge is 0.303 e. The van der Waals surface area contributed by atoms with Crippen molar-refractivity contribution in [1.29, 1.82) is 0 Å². The molecule has 1 saturated heterocycles. The van der Waals surface area contributed by atoms with Gasteiger partial charge in [-0.3, -0.25) is 9.10 Å². The first kappa shape index (κ1) is 21.0. The van der Waals surface area contributed by atoms with Gasteiger partial charge in [0.15, 0.2) is 0 Å². The summed E-state index contributed by atoms with van der Waals surface area (Å²) < 4.78 is 41.7. The second-order valence-electron chi connectivity index (χ2n) is 7.85. The Labute approximate surface area is 167 Å². The van der Waals surface area contributed by atoms with Gasteiger partial charge in [-0.05, 0) is 49.9 Å². The molecule has 8 heteroatoms. The number of hydrogen-bond acceptors (Lipinski definition) is 3. The fourth-order valence-corrected chi connectivity index (χ4v) is 5.53. The molecule has 0 spiro atoms. The van der Waals surface area contributed by atoms with Crippen LogP contribution in [-0.2, 0) is 15.0 Å². The van der Waals surface area contributed by atoms with Gasteiger partial charge in [-0.15, -0.1) is 0 Å². The van der Waals surface area contributed by atoms with E-state index in [1.807, 2.05) is 0 Å². The maximum Gasteiger partial charge on any atom is 0.303 e. The van der Waals surface area contributed by atoms with Gasteiger partial charge in [0.2, 0.25) is 5.91 Å². The number of amides is 1. The van der Waals surface area contributed by atoms with Gasteiger partial charge in [0.1, 0.15) is 5.82 Å². The summed E-state index contributed by atoms with van der Waals surface area (Å²) in [4.78, 5) is 12.7. The van der Waals surface area contributed by atoms with Gasteiger partial charge in [0.05, 0.1) is 11.6 Å². The van der Waals surface area contributed by atoms with E-state index in [2.05, 4.69) is 5.32 Å². The van der Waals surface area contributed by atoms with Crippen LogP contribution in [-0.4, -0.2) is 44.8 Å². The molecule has 1 aliphatic carbocycles. The molecule has 2 fully saturated rings. The van der Waals surface area contributed by atoms with E-state index in [1.54, 1.807) is 0 Å². The standard InChI is InChI=1S/C20H30FN3O3S/c1-23(19-12-10-17(21)11-13-19)28(26,27)24-14-6-7-16(15-24)20(25)22-18-8-4-2-3-5-9-18/h10-13,16,18H,2-9,14-15H2,1H3,(H,22,25). The minimum absolute atomic E-state index is 0.0313. The van der Waals surface area contributed by atoms with Gasteiger partial charge < -0.3 is 5.32 Å². The van der Waals surface area contributed by atoms with Crippen molar-refractivity contribution in [3.63, 3.8) is 0 Å². The van der Waals surface area contributed by atoms with Crippen molar-refractivity contribution in [1.82, 2.24) is 9.62 Å². The van der Waals surface area contributed by atoms with E-state index in [0.29, 0.717) is 25.1 Å². The Bertz CT molecular complexity index is 761. The van der Waals surface area contributed by atoms with E-state index < -0.39 is 16.0 Å². The lowest BCUT2D eigenvalue weighted by atomic mass is 9.97. The first-order valence-corrected chi connectivity index (χ1v) is 11.6. The van der Waals surface area contributed by atoms with Crippen LogP contribution in [0.15, 0.2) is 24.3 Å². The number of carbonyl (C=O) groups is 1. The number of halogens is 1. The Balaban J connectivity index is 1.64. The zero-order chi connectivity index (χ0) is 20.1. The summed E-state index contributed by atoms with van der Waals surface area (Å²) in [6.07, 6.45) is 8.08. The minimum Gasteiger partial charge on any atom is -0.353 e. The summed E-state index contributed by atoms with van der Waals surface area (Å²) in [5.74, 6) is -0.771. The van der Waals surface area contributed by atoms with E-state index in [1.165, 1.54) is 48.5 Å². The molecule has 1 amide bonds. The van der Waals surface area contributed by atoms with Gasteiger partial charge in [0, 0.05) is 26.2 Å². The molecule has 28 heavy (non-hydrogen) atoms. The molecule has 0 bridgehead atoms. The van der Waals surface area contributed by atoms with Crippen LogP contribution in [0.4, 0.5) is 10.1 Å². The summed E-state index contributed by atoms with van der Waals surface area (Å²) >= 11 is 0. The molecule has 1 aliphatic heterocycles. The van der Waals surface area contributed by atoms with Crippen molar-refractivity contribution in [2.24, 2.45) is 5.92 Å². The Morgan fingerprint density at radius 2 is 1.71 bits per heavy atom.